The van der Waals surface area contributed by atoms with E-state index in [0.717, 1.165) is 11.1 Å². The number of carbonyl (C=O) groups is 2. The van der Waals surface area contributed by atoms with E-state index in [0.29, 0.717) is 18.3 Å². The number of hydrogen-bond acceptors (Lipinski definition) is 5. The summed E-state index contributed by atoms with van der Waals surface area (Å²) in [6.45, 7) is 1.98. The highest BCUT2D eigenvalue weighted by molar-refractivity contribution is 6.23. The second-order valence-corrected chi connectivity index (χ2v) is 4.12. The summed E-state index contributed by atoms with van der Waals surface area (Å²) in [6.07, 6.45) is -0.192. The first kappa shape index (κ1) is 16.4. The van der Waals surface area contributed by atoms with E-state index in [4.69, 9.17) is 15.9 Å². The summed E-state index contributed by atoms with van der Waals surface area (Å²) in [4.78, 5) is 20.4. The first-order valence-corrected chi connectivity index (χ1v) is 6.37. The summed E-state index contributed by atoms with van der Waals surface area (Å²) in [5.41, 5.74) is 1.63. The van der Waals surface area contributed by atoms with Crippen molar-refractivity contribution in [1.29, 1.82) is 10.8 Å². The Labute approximate surface area is 122 Å². The number of fused-ring (bicyclic) bond motifs is 1. The number of nitrogens with one attached hydrogen (secondary N) is 3. The Balaban J connectivity index is 0.000000212. The third-order valence-electron chi connectivity index (χ3n) is 2.56. The SMILES string of the molecule is CCOC(=O)CCC(=O)O.N=C1NC(=N)c2ccccc21. The fourth-order valence-corrected chi connectivity index (χ4v) is 1.62. The molecule has 0 aromatic heterocycles. The number of amidine groups is 2. The number of hydrogen-bond donors (Lipinski definition) is 4. The fourth-order valence-electron chi connectivity index (χ4n) is 1.62. The van der Waals surface area contributed by atoms with E-state index in [-0.39, 0.29) is 12.8 Å². The highest BCUT2D eigenvalue weighted by atomic mass is 16.5. The van der Waals surface area contributed by atoms with Crippen LogP contribution in [0.2, 0.25) is 0 Å². The number of esters is 1. The molecule has 0 radical (unpaired) electrons. The number of aliphatic carboxylic acids is 1. The van der Waals surface area contributed by atoms with Crippen molar-refractivity contribution in [3.05, 3.63) is 35.4 Å². The van der Waals surface area contributed by atoms with E-state index < -0.39 is 11.9 Å². The summed E-state index contributed by atoms with van der Waals surface area (Å²) in [5.74, 6) is -0.783. The Morgan fingerprint density at radius 3 is 2.10 bits per heavy atom. The van der Waals surface area contributed by atoms with E-state index in [2.05, 4.69) is 10.1 Å². The van der Waals surface area contributed by atoms with E-state index in [1.807, 2.05) is 24.3 Å². The lowest BCUT2D eigenvalue weighted by molar-refractivity contribution is -0.147. The second kappa shape index (κ2) is 7.78. The molecule has 21 heavy (non-hydrogen) atoms. The standard InChI is InChI=1S/C8H7N3.C6H10O4/c9-7-5-3-1-2-4-6(5)8(10)11-7;1-2-10-6(9)4-3-5(7)8/h1-4H,(H3,9,10,11);2-4H2,1H3,(H,7,8). The maximum Gasteiger partial charge on any atom is 0.306 e. The summed E-state index contributed by atoms with van der Waals surface area (Å²) in [6, 6.07) is 7.42. The van der Waals surface area contributed by atoms with Crippen molar-refractivity contribution < 1.29 is 19.4 Å². The summed E-state index contributed by atoms with van der Waals surface area (Å²) in [5, 5.41) is 25.6. The molecule has 7 nitrogen and oxygen atoms in total. The number of carbonyl (C=O) groups excluding carboxylic acids is 1. The molecule has 4 N–H and O–H groups in total. The number of rotatable bonds is 4. The first-order valence-electron chi connectivity index (χ1n) is 6.37. The highest BCUT2D eigenvalue weighted by Gasteiger charge is 2.18. The molecule has 0 fully saturated rings. The van der Waals surface area contributed by atoms with E-state index in [1.54, 1.807) is 6.92 Å². The molecule has 0 bridgehead atoms. The zero-order valence-electron chi connectivity index (χ0n) is 11.6. The predicted octanol–water partition coefficient (Wildman–Crippen LogP) is 1.35. The van der Waals surface area contributed by atoms with Gasteiger partial charge in [0, 0.05) is 11.1 Å². The molecule has 0 spiro atoms. The second-order valence-electron chi connectivity index (χ2n) is 4.12. The molecule has 0 atom stereocenters. The van der Waals surface area contributed by atoms with Crippen molar-refractivity contribution >= 4 is 23.6 Å². The van der Waals surface area contributed by atoms with Crippen molar-refractivity contribution in [2.24, 2.45) is 0 Å². The summed E-state index contributed by atoms with van der Waals surface area (Å²) >= 11 is 0. The molecular weight excluding hydrogens is 274 g/mol. The molecule has 1 aliphatic rings. The van der Waals surface area contributed by atoms with Crippen molar-refractivity contribution in [3.8, 4) is 0 Å². The van der Waals surface area contributed by atoms with Gasteiger partial charge in [-0.3, -0.25) is 20.4 Å². The zero-order valence-corrected chi connectivity index (χ0v) is 11.6. The molecule has 1 aromatic carbocycles. The lowest BCUT2D eigenvalue weighted by Crippen LogP contribution is -2.19. The molecule has 0 saturated carbocycles. The van der Waals surface area contributed by atoms with E-state index in [1.165, 1.54) is 0 Å². The topological polar surface area (TPSA) is 123 Å². The fraction of sp³-hybridized carbons (Fsp3) is 0.286. The molecule has 0 amide bonds. The van der Waals surface area contributed by atoms with Gasteiger partial charge in [-0.15, -0.1) is 0 Å². The van der Waals surface area contributed by atoms with Crippen LogP contribution < -0.4 is 5.32 Å². The van der Waals surface area contributed by atoms with Gasteiger partial charge >= 0.3 is 11.9 Å². The van der Waals surface area contributed by atoms with Gasteiger partial charge in [-0.2, -0.15) is 0 Å². The van der Waals surface area contributed by atoms with Crippen LogP contribution in [0.25, 0.3) is 0 Å². The minimum Gasteiger partial charge on any atom is -0.481 e. The monoisotopic (exact) mass is 291 g/mol. The van der Waals surface area contributed by atoms with Crippen LogP contribution in [0.3, 0.4) is 0 Å². The molecule has 1 heterocycles. The maximum absolute atomic E-state index is 10.5. The van der Waals surface area contributed by atoms with Crippen LogP contribution in [0, 0.1) is 10.8 Å². The quantitative estimate of drug-likeness (QED) is 0.623. The van der Waals surface area contributed by atoms with E-state index >= 15 is 0 Å². The van der Waals surface area contributed by atoms with Crippen LogP contribution >= 0.6 is 0 Å². The average molecular weight is 291 g/mol. The van der Waals surface area contributed by atoms with Crippen LogP contribution in [0.4, 0.5) is 0 Å². The van der Waals surface area contributed by atoms with E-state index in [9.17, 15) is 9.59 Å². The van der Waals surface area contributed by atoms with Crippen LogP contribution in [0.1, 0.15) is 30.9 Å². The largest absolute Gasteiger partial charge is 0.481 e. The Bertz CT molecular complexity index is 536. The Morgan fingerprint density at radius 2 is 1.67 bits per heavy atom. The van der Waals surface area contributed by atoms with Crippen LogP contribution in [0.5, 0.6) is 0 Å². The molecule has 0 unspecified atom stereocenters. The molecular formula is C14H17N3O4. The van der Waals surface area contributed by atoms with Gasteiger partial charge in [-0.05, 0) is 6.92 Å². The maximum atomic E-state index is 10.5. The molecule has 1 aliphatic heterocycles. The Morgan fingerprint density at radius 1 is 1.14 bits per heavy atom. The van der Waals surface area contributed by atoms with Gasteiger partial charge in [0.2, 0.25) is 0 Å². The van der Waals surface area contributed by atoms with Crippen molar-refractivity contribution in [2.45, 2.75) is 19.8 Å². The number of ether oxygens (including phenoxy) is 1. The van der Waals surface area contributed by atoms with Crippen LogP contribution in [-0.4, -0.2) is 35.3 Å². The Hall–Kier alpha value is -2.70. The minimum absolute atomic E-state index is 0.0385. The van der Waals surface area contributed by atoms with Gasteiger partial charge in [0.15, 0.2) is 0 Å². The van der Waals surface area contributed by atoms with Crippen molar-refractivity contribution in [3.63, 3.8) is 0 Å². The molecule has 7 heteroatoms. The van der Waals surface area contributed by atoms with Gasteiger partial charge in [0.25, 0.3) is 0 Å². The smallest absolute Gasteiger partial charge is 0.306 e. The molecule has 112 valence electrons. The zero-order chi connectivity index (χ0) is 15.8. The summed E-state index contributed by atoms with van der Waals surface area (Å²) in [7, 11) is 0. The molecule has 0 aliphatic carbocycles. The van der Waals surface area contributed by atoms with Crippen LogP contribution in [-0.2, 0) is 14.3 Å². The lowest BCUT2D eigenvalue weighted by Gasteiger charge is -1.97. The molecule has 1 aromatic rings. The minimum atomic E-state index is -0.979. The lowest BCUT2D eigenvalue weighted by atomic mass is 10.1. The molecule has 2 rings (SSSR count). The third-order valence-corrected chi connectivity index (χ3v) is 2.56. The first-order chi connectivity index (χ1) is 9.95. The Kier molecular flexibility index (Phi) is 6.06. The third kappa shape index (κ3) is 5.06. The summed E-state index contributed by atoms with van der Waals surface area (Å²) < 4.78 is 4.49. The average Bonchev–Trinajstić information content (AvgIpc) is 2.74. The van der Waals surface area contributed by atoms with Gasteiger partial charge in [-0.25, -0.2) is 0 Å². The normalized spacial score (nSPS) is 11.9. The molecule has 0 saturated heterocycles. The van der Waals surface area contributed by atoms with Gasteiger partial charge in [0.1, 0.15) is 11.7 Å². The number of benzene rings is 1. The highest BCUT2D eigenvalue weighted by Crippen LogP contribution is 2.13. The van der Waals surface area contributed by atoms with Crippen molar-refractivity contribution in [2.75, 3.05) is 6.61 Å². The number of carboxylic acid groups (broad SMARTS) is 1. The predicted molar refractivity (Wildman–Crippen MR) is 76.7 cm³/mol. The van der Waals surface area contributed by atoms with Gasteiger partial charge in [0.05, 0.1) is 19.4 Å². The van der Waals surface area contributed by atoms with Crippen molar-refractivity contribution in [1.82, 2.24) is 5.32 Å². The van der Waals surface area contributed by atoms with Crippen LogP contribution in [0.15, 0.2) is 24.3 Å². The van der Waals surface area contributed by atoms with Gasteiger partial charge < -0.3 is 15.2 Å². The van der Waals surface area contributed by atoms with Gasteiger partial charge in [-0.1, -0.05) is 24.3 Å². The number of carboxylic acids is 1.